The molecular formula is C25H32ClNO5. The molecule has 3 unspecified atom stereocenters. The van der Waals surface area contributed by atoms with Gasteiger partial charge in [0.05, 0.1) is 24.3 Å². The molecule has 174 valence electrons. The van der Waals surface area contributed by atoms with Crippen LogP contribution in [0.3, 0.4) is 0 Å². The van der Waals surface area contributed by atoms with E-state index in [1.807, 2.05) is 6.07 Å². The predicted molar refractivity (Wildman–Crippen MR) is 122 cm³/mol. The molecule has 0 N–H and O–H groups in total. The largest absolute Gasteiger partial charge is 0.492 e. The van der Waals surface area contributed by atoms with Crippen molar-refractivity contribution in [3.8, 4) is 5.75 Å². The maximum Gasteiger partial charge on any atom is 0.343 e. The molecule has 1 aromatic carbocycles. The normalized spacial score (nSPS) is 24.6. The molecule has 0 bridgehead atoms. The first-order chi connectivity index (χ1) is 15.5. The van der Waals surface area contributed by atoms with Gasteiger partial charge in [0.25, 0.3) is 0 Å². The van der Waals surface area contributed by atoms with Gasteiger partial charge in [-0.3, -0.25) is 4.79 Å². The van der Waals surface area contributed by atoms with E-state index in [4.69, 9.17) is 25.8 Å². The predicted octanol–water partition coefficient (Wildman–Crippen LogP) is 4.95. The standard InChI is InChI=1S/C25H32ClNO5/c1-3-31-25(29)19-15-27-21-9-6-4-5-8-16(21)17-13-24(32-11-7-10-30-2)20(26)12-18(17)22(27)14-23(19)28/h12-13,15-16,21-22H,3-11,14H2,1-2H3. The minimum Gasteiger partial charge on any atom is -0.492 e. The van der Waals surface area contributed by atoms with E-state index in [-0.39, 0.29) is 36.5 Å². The molecule has 1 aromatic rings. The summed E-state index contributed by atoms with van der Waals surface area (Å²) in [6.45, 7) is 3.19. The lowest BCUT2D eigenvalue weighted by atomic mass is 9.75. The van der Waals surface area contributed by atoms with Crippen LogP contribution in [0.25, 0.3) is 0 Å². The molecule has 6 nitrogen and oxygen atoms in total. The summed E-state index contributed by atoms with van der Waals surface area (Å²) < 4.78 is 16.2. The summed E-state index contributed by atoms with van der Waals surface area (Å²) >= 11 is 6.62. The Morgan fingerprint density at radius 3 is 2.75 bits per heavy atom. The number of methoxy groups -OCH3 is 1. The maximum atomic E-state index is 12.9. The van der Waals surface area contributed by atoms with Crippen molar-refractivity contribution < 1.29 is 23.8 Å². The van der Waals surface area contributed by atoms with Crippen molar-refractivity contribution in [2.24, 2.45) is 0 Å². The van der Waals surface area contributed by atoms with E-state index in [1.54, 1.807) is 20.2 Å². The average Bonchev–Trinajstić information content (AvgIpc) is 3.03. The highest BCUT2D eigenvalue weighted by molar-refractivity contribution is 6.32. The van der Waals surface area contributed by atoms with Crippen LogP contribution >= 0.6 is 11.6 Å². The van der Waals surface area contributed by atoms with Crippen molar-refractivity contribution in [1.29, 1.82) is 0 Å². The molecule has 2 aliphatic heterocycles. The Kier molecular flexibility index (Phi) is 7.41. The lowest BCUT2D eigenvalue weighted by Crippen LogP contribution is -2.46. The van der Waals surface area contributed by atoms with Crippen molar-refractivity contribution >= 4 is 23.4 Å². The number of hydrogen-bond acceptors (Lipinski definition) is 6. The summed E-state index contributed by atoms with van der Waals surface area (Å²) in [5, 5.41) is 0.556. The molecule has 4 rings (SSSR count). The molecule has 0 saturated heterocycles. The third-order valence-electron chi connectivity index (χ3n) is 6.82. The number of halogens is 1. The summed E-state index contributed by atoms with van der Waals surface area (Å²) in [5.74, 6) is 0.321. The van der Waals surface area contributed by atoms with Gasteiger partial charge in [0, 0.05) is 44.7 Å². The van der Waals surface area contributed by atoms with Crippen molar-refractivity contribution in [3.05, 3.63) is 40.1 Å². The van der Waals surface area contributed by atoms with Gasteiger partial charge >= 0.3 is 5.97 Å². The Morgan fingerprint density at radius 1 is 1.16 bits per heavy atom. The Bertz CT molecular complexity index is 899. The number of esters is 1. The highest BCUT2D eigenvalue weighted by atomic mass is 35.5. The minimum absolute atomic E-state index is 0.116. The van der Waals surface area contributed by atoms with Gasteiger partial charge in [-0.15, -0.1) is 0 Å². The van der Waals surface area contributed by atoms with Crippen LogP contribution in [-0.4, -0.2) is 49.6 Å². The number of carbonyl (C=O) groups excluding carboxylic acids is 2. The van der Waals surface area contributed by atoms with Crippen LogP contribution in [0, 0.1) is 0 Å². The maximum absolute atomic E-state index is 12.9. The van der Waals surface area contributed by atoms with Gasteiger partial charge in [-0.25, -0.2) is 4.79 Å². The van der Waals surface area contributed by atoms with Crippen LogP contribution in [0.2, 0.25) is 5.02 Å². The van der Waals surface area contributed by atoms with Crippen LogP contribution in [0.4, 0.5) is 0 Å². The molecule has 1 saturated carbocycles. The third kappa shape index (κ3) is 4.53. The fourth-order valence-electron chi connectivity index (χ4n) is 5.37. The average molecular weight is 462 g/mol. The molecule has 32 heavy (non-hydrogen) atoms. The zero-order valence-electron chi connectivity index (χ0n) is 18.9. The van der Waals surface area contributed by atoms with E-state index in [0.717, 1.165) is 31.2 Å². The fourth-order valence-corrected chi connectivity index (χ4v) is 5.60. The molecule has 0 spiro atoms. The van der Waals surface area contributed by atoms with Crippen LogP contribution in [0.5, 0.6) is 5.75 Å². The summed E-state index contributed by atoms with van der Waals surface area (Å²) in [6, 6.07) is 4.20. The SMILES string of the molecule is CCOC(=O)C1=CN2C(CC1=O)c1cc(Cl)c(OCCCOC)cc1C1CCCCCC12. The highest BCUT2D eigenvalue weighted by Gasteiger charge is 2.44. The zero-order valence-corrected chi connectivity index (χ0v) is 19.7. The molecule has 1 aliphatic carbocycles. The number of hydrogen-bond donors (Lipinski definition) is 0. The van der Waals surface area contributed by atoms with Gasteiger partial charge in [0.1, 0.15) is 11.3 Å². The van der Waals surface area contributed by atoms with E-state index >= 15 is 0 Å². The van der Waals surface area contributed by atoms with E-state index in [2.05, 4.69) is 11.0 Å². The van der Waals surface area contributed by atoms with E-state index in [9.17, 15) is 9.59 Å². The first kappa shape index (κ1) is 23.1. The van der Waals surface area contributed by atoms with Crippen molar-refractivity contribution in [2.45, 2.75) is 69.9 Å². The van der Waals surface area contributed by atoms with Crippen LogP contribution in [0.15, 0.2) is 23.9 Å². The molecule has 1 fully saturated rings. The Labute approximate surface area is 194 Å². The highest BCUT2D eigenvalue weighted by Crippen LogP contribution is 2.50. The number of ether oxygens (including phenoxy) is 3. The molecule has 0 radical (unpaired) electrons. The number of ketones is 1. The van der Waals surface area contributed by atoms with Gasteiger partial charge in [0.15, 0.2) is 5.78 Å². The Balaban J connectivity index is 1.72. The fraction of sp³-hybridized carbons (Fsp3) is 0.600. The Hall–Kier alpha value is -2.05. The number of nitrogens with zero attached hydrogens (tertiary/aromatic N) is 1. The summed E-state index contributed by atoms with van der Waals surface area (Å²) in [5.41, 5.74) is 2.48. The molecule has 0 aromatic heterocycles. The second-order valence-corrected chi connectivity index (χ2v) is 9.18. The molecule has 3 aliphatic rings. The molecular weight excluding hydrogens is 430 g/mol. The second kappa shape index (κ2) is 10.3. The minimum atomic E-state index is -0.523. The number of fused-ring (bicyclic) bond motifs is 6. The van der Waals surface area contributed by atoms with E-state index in [1.165, 1.54) is 18.4 Å². The first-order valence-corrected chi connectivity index (χ1v) is 12.1. The lowest BCUT2D eigenvalue weighted by molar-refractivity contribution is -0.140. The molecule has 7 heteroatoms. The van der Waals surface area contributed by atoms with Crippen molar-refractivity contribution in [1.82, 2.24) is 4.90 Å². The number of Topliss-reactive ketones (excluding diaryl/α,β-unsaturated/α-hetero) is 1. The summed E-state index contributed by atoms with van der Waals surface area (Å²) in [6.07, 6.45) is 8.43. The smallest absolute Gasteiger partial charge is 0.343 e. The molecule has 0 amide bonds. The first-order valence-electron chi connectivity index (χ1n) is 11.7. The number of rotatable bonds is 7. The van der Waals surface area contributed by atoms with Crippen molar-refractivity contribution in [3.63, 3.8) is 0 Å². The topological polar surface area (TPSA) is 65.1 Å². The van der Waals surface area contributed by atoms with Crippen LogP contribution < -0.4 is 4.74 Å². The third-order valence-corrected chi connectivity index (χ3v) is 7.12. The van der Waals surface area contributed by atoms with Gasteiger partial charge in [0.2, 0.25) is 0 Å². The number of carbonyl (C=O) groups is 2. The second-order valence-electron chi connectivity index (χ2n) is 8.77. The van der Waals surface area contributed by atoms with Gasteiger partial charge in [-0.1, -0.05) is 30.9 Å². The quantitative estimate of drug-likeness (QED) is 0.325. The molecule has 2 heterocycles. The van der Waals surface area contributed by atoms with Crippen molar-refractivity contribution in [2.75, 3.05) is 26.9 Å². The van der Waals surface area contributed by atoms with Crippen LogP contribution in [0.1, 0.15) is 75.0 Å². The van der Waals surface area contributed by atoms with E-state index < -0.39 is 5.97 Å². The monoisotopic (exact) mass is 461 g/mol. The van der Waals surface area contributed by atoms with Crippen LogP contribution in [-0.2, 0) is 19.1 Å². The lowest BCUT2D eigenvalue weighted by Gasteiger charge is -2.48. The van der Waals surface area contributed by atoms with E-state index in [0.29, 0.717) is 29.9 Å². The Morgan fingerprint density at radius 2 is 1.97 bits per heavy atom. The summed E-state index contributed by atoms with van der Waals surface area (Å²) in [4.78, 5) is 27.6. The van der Waals surface area contributed by atoms with Gasteiger partial charge in [-0.2, -0.15) is 0 Å². The number of benzene rings is 1. The van der Waals surface area contributed by atoms with Gasteiger partial charge < -0.3 is 19.1 Å². The van der Waals surface area contributed by atoms with Gasteiger partial charge in [-0.05, 0) is 43.0 Å². The molecule has 3 atom stereocenters. The zero-order chi connectivity index (χ0) is 22.7. The summed E-state index contributed by atoms with van der Waals surface area (Å²) in [7, 11) is 1.68.